The molecule has 0 aliphatic carbocycles. The molecule has 13 heavy (non-hydrogen) atoms. The van der Waals surface area contributed by atoms with Crippen molar-refractivity contribution >= 4 is 0 Å². The molecular formula is C8H14F3NO. The Labute approximate surface area is 75.6 Å². The lowest BCUT2D eigenvalue weighted by Crippen LogP contribution is -2.29. The summed E-state index contributed by atoms with van der Waals surface area (Å²) < 4.78 is 39.1. The second-order valence-electron chi connectivity index (χ2n) is 3.05. The van der Waals surface area contributed by atoms with Crippen LogP contribution in [-0.4, -0.2) is 25.4 Å². The van der Waals surface area contributed by atoms with E-state index < -0.39 is 18.8 Å². The average Bonchev–Trinajstić information content (AvgIpc) is 1.81. The van der Waals surface area contributed by atoms with Gasteiger partial charge in [-0.1, -0.05) is 5.57 Å². The van der Waals surface area contributed by atoms with Gasteiger partial charge in [0, 0.05) is 6.04 Å². The van der Waals surface area contributed by atoms with Crippen molar-refractivity contribution in [2.75, 3.05) is 13.2 Å². The molecule has 2 nitrogen and oxygen atoms in total. The Hall–Kier alpha value is -0.550. The summed E-state index contributed by atoms with van der Waals surface area (Å²) in [6.07, 6.45) is -3.79. The Morgan fingerprint density at radius 3 is 2.46 bits per heavy atom. The molecule has 0 rings (SSSR count). The molecule has 1 unspecified atom stereocenters. The smallest absolute Gasteiger partial charge is 0.370 e. The number of halogens is 3. The summed E-state index contributed by atoms with van der Waals surface area (Å²) in [6.45, 7) is 4.03. The van der Waals surface area contributed by atoms with Crippen LogP contribution in [0, 0.1) is 0 Å². The Bertz CT molecular complexity index is 167. The highest BCUT2D eigenvalue weighted by Gasteiger charge is 2.27. The van der Waals surface area contributed by atoms with Gasteiger partial charge in [-0.25, -0.2) is 0 Å². The first kappa shape index (κ1) is 12.4. The van der Waals surface area contributed by atoms with E-state index >= 15 is 0 Å². The van der Waals surface area contributed by atoms with E-state index in [9.17, 15) is 13.2 Å². The predicted molar refractivity (Wildman–Crippen MR) is 44.3 cm³/mol. The van der Waals surface area contributed by atoms with Crippen LogP contribution in [0.5, 0.6) is 0 Å². The molecular weight excluding hydrogens is 183 g/mol. The molecule has 0 aromatic heterocycles. The van der Waals surface area contributed by atoms with Gasteiger partial charge in [-0.2, -0.15) is 13.2 Å². The van der Waals surface area contributed by atoms with Crippen LogP contribution in [0.2, 0.25) is 0 Å². The predicted octanol–water partition coefficient (Wildman–Crippen LogP) is 1.86. The van der Waals surface area contributed by atoms with Gasteiger partial charge < -0.3 is 10.5 Å². The first-order valence-electron chi connectivity index (χ1n) is 3.85. The highest BCUT2D eigenvalue weighted by molar-refractivity contribution is 4.91. The summed E-state index contributed by atoms with van der Waals surface area (Å²) in [5, 5.41) is 0. The van der Waals surface area contributed by atoms with Gasteiger partial charge in [0.25, 0.3) is 0 Å². The SMILES string of the molecule is C=C(C)CC(N)COCC(F)(F)F. The molecule has 0 radical (unpaired) electrons. The second kappa shape index (κ2) is 5.24. The van der Waals surface area contributed by atoms with Gasteiger partial charge in [-0.15, -0.1) is 6.58 Å². The number of ether oxygens (including phenoxy) is 1. The molecule has 0 heterocycles. The van der Waals surface area contributed by atoms with E-state index in [1.807, 2.05) is 0 Å². The van der Waals surface area contributed by atoms with Gasteiger partial charge in [0.05, 0.1) is 6.61 Å². The Morgan fingerprint density at radius 2 is 2.08 bits per heavy atom. The molecule has 0 aliphatic heterocycles. The zero-order valence-electron chi connectivity index (χ0n) is 7.53. The van der Waals surface area contributed by atoms with E-state index in [2.05, 4.69) is 11.3 Å². The minimum atomic E-state index is -4.27. The van der Waals surface area contributed by atoms with E-state index in [0.717, 1.165) is 5.57 Å². The molecule has 0 aromatic carbocycles. The van der Waals surface area contributed by atoms with Crippen molar-refractivity contribution in [1.29, 1.82) is 0 Å². The minimum absolute atomic E-state index is 0.0909. The van der Waals surface area contributed by atoms with Gasteiger partial charge >= 0.3 is 6.18 Å². The summed E-state index contributed by atoms with van der Waals surface area (Å²) in [4.78, 5) is 0. The molecule has 5 heteroatoms. The van der Waals surface area contributed by atoms with Crippen LogP contribution in [0.15, 0.2) is 12.2 Å². The van der Waals surface area contributed by atoms with Crippen molar-refractivity contribution in [2.24, 2.45) is 5.73 Å². The maximum Gasteiger partial charge on any atom is 0.411 e. The first-order valence-corrected chi connectivity index (χ1v) is 3.85. The summed E-state index contributed by atoms with van der Waals surface area (Å²) in [5.74, 6) is 0. The van der Waals surface area contributed by atoms with E-state index in [1.165, 1.54) is 0 Å². The molecule has 0 bridgehead atoms. The topological polar surface area (TPSA) is 35.2 Å². The monoisotopic (exact) mass is 197 g/mol. The number of nitrogens with two attached hydrogens (primary N) is 1. The van der Waals surface area contributed by atoms with Crippen LogP contribution >= 0.6 is 0 Å². The van der Waals surface area contributed by atoms with Crippen molar-refractivity contribution < 1.29 is 17.9 Å². The Morgan fingerprint density at radius 1 is 1.54 bits per heavy atom. The standard InChI is InChI=1S/C8H14F3NO/c1-6(2)3-7(12)4-13-5-8(9,10)11/h7H,1,3-5,12H2,2H3. The lowest BCUT2D eigenvalue weighted by Gasteiger charge is -2.12. The molecule has 0 amide bonds. The van der Waals surface area contributed by atoms with E-state index in [0.29, 0.717) is 6.42 Å². The van der Waals surface area contributed by atoms with E-state index in [-0.39, 0.29) is 6.61 Å². The normalized spacial score (nSPS) is 14.2. The lowest BCUT2D eigenvalue weighted by molar-refractivity contribution is -0.174. The summed E-state index contributed by atoms with van der Waals surface area (Å²) in [5.41, 5.74) is 6.29. The summed E-state index contributed by atoms with van der Waals surface area (Å²) >= 11 is 0. The third kappa shape index (κ3) is 9.36. The van der Waals surface area contributed by atoms with Crippen LogP contribution in [-0.2, 0) is 4.74 Å². The Balaban J connectivity index is 3.48. The number of hydrogen-bond acceptors (Lipinski definition) is 2. The quantitative estimate of drug-likeness (QED) is 0.683. The molecule has 2 N–H and O–H groups in total. The van der Waals surface area contributed by atoms with Gasteiger partial charge in [0.2, 0.25) is 0 Å². The maximum absolute atomic E-state index is 11.6. The number of alkyl halides is 3. The third-order valence-electron chi connectivity index (χ3n) is 1.21. The van der Waals surface area contributed by atoms with Crippen LogP contribution in [0.25, 0.3) is 0 Å². The number of rotatable bonds is 5. The Kier molecular flexibility index (Phi) is 5.02. The molecule has 0 fully saturated rings. The maximum atomic E-state index is 11.6. The van der Waals surface area contributed by atoms with Crippen LogP contribution in [0.4, 0.5) is 13.2 Å². The molecule has 0 spiro atoms. The van der Waals surface area contributed by atoms with Crippen molar-refractivity contribution in [3.63, 3.8) is 0 Å². The van der Waals surface area contributed by atoms with Crippen LogP contribution in [0.3, 0.4) is 0 Å². The van der Waals surface area contributed by atoms with Gasteiger partial charge in [0.1, 0.15) is 6.61 Å². The fraction of sp³-hybridized carbons (Fsp3) is 0.750. The number of hydrogen-bond donors (Lipinski definition) is 1. The molecule has 0 aliphatic rings. The molecule has 78 valence electrons. The third-order valence-corrected chi connectivity index (χ3v) is 1.21. The van der Waals surface area contributed by atoms with E-state index in [4.69, 9.17) is 5.73 Å². The zero-order chi connectivity index (χ0) is 10.5. The minimum Gasteiger partial charge on any atom is -0.370 e. The summed E-state index contributed by atoms with van der Waals surface area (Å²) in [6, 6.07) is -0.403. The van der Waals surface area contributed by atoms with Gasteiger partial charge in [-0.3, -0.25) is 0 Å². The van der Waals surface area contributed by atoms with Gasteiger partial charge in [-0.05, 0) is 13.3 Å². The van der Waals surface area contributed by atoms with Crippen LogP contribution < -0.4 is 5.73 Å². The largest absolute Gasteiger partial charge is 0.411 e. The first-order chi connectivity index (χ1) is 5.81. The summed E-state index contributed by atoms with van der Waals surface area (Å²) in [7, 11) is 0. The fourth-order valence-corrected chi connectivity index (χ4v) is 0.833. The highest BCUT2D eigenvalue weighted by Crippen LogP contribution is 2.14. The van der Waals surface area contributed by atoms with Crippen molar-refractivity contribution in [2.45, 2.75) is 25.6 Å². The second-order valence-corrected chi connectivity index (χ2v) is 3.05. The lowest BCUT2D eigenvalue weighted by atomic mass is 10.1. The molecule has 0 aromatic rings. The average molecular weight is 197 g/mol. The van der Waals surface area contributed by atoms with E-state index in [1.54, 1.807) is 6.92 Å². The van der Waals surface area contributed by atoms with Crippen molar-refractivity contribution in [3.8, 4) is 0 Å². The highest BCUT2D eigenvalue weighted by atomic mass is 19.4. The van der Waals surface area contributed by atoms with Crippen molar-refractivity contribution in [3.05, 3.63) is 12.2 Å². The van der Waals surface area contributed by atoms with Gasteiger partial charge in [0.15, 0.2) is 0 Å². The fourth-order valence-electron chi connectivity index (χ4n) is 0.833. The molecule has 0 saturated carbocycles. The molecule has 0 saturated heterocycles. The van der Waals surface area contributed by atoms with Crippen molar-refractivity contribution in [1.82, 2.24) is 0 Å². The molecule has 1 atom stereocenters. The van der Waals surface area contributed by atoms with Crippen LogP contribution in [0.1, 0.15) is 13.3 Å². The zero-order valence-corrected chi connectivity index (χ0v) is 7.53.